The number of hydrogen-bond acceptors (Lipinski definition) is 1. The predicted octanol–water partition coefficient (Wildman–Crippen LogP) is 2.71. The molecule has 2 rings (SSSR count). The molecule has 1 aromatic carbocycles. The number of benzene rings is 1. The zero-order chi connectivity index (χ0) is 10.7. The third-order valence-electron chi connectivity index (χ3n) is 2.65. The van der Waals surface area contributed by atoms with Crippen molar-refractivity contribution in [2.45, 2.75) is 31.9 Å². The van der Waals surface area contributed by atoms with Crippen LogP contribution < -0.4 is 10.1 Å². The third-order valence-corrected chi connectivity index (χ3v) is 2.65. The van der Waals surface area contributed by atoms with E-state index in [0.29, 0.717) is 5.75 Å². The van der Waals surface area contributed by atoms with Crippen molar-refractivity contribution in [3.05, 3.63) is 30.1 Å². The summed E-state index contributed by atoms with van der Waals surface area (Å²) in [5.41, 5.74) is -0.421. The topological polar surface area (TPSA) is 23.3 Å². The van der Waals surface area contributed by atoms with Gasteiger partial charge in [0.1, 0.15) is 11.6 Å². The van der Waals surface area contributed by atoms with E-state index in [0.717, 1.165) is 25.8 Å². The van der Waals surface area contributed by atoms with E-state index in [1.807, 2.05) is 6.92 Å². The molecule has 1 heterocycles. The first-order valence-corrected chi connectivity index (χ1v) is 5.31. The highest BCUT2D eigenvalue weighted by Gasteiger charge is 2.29. The molecule has 0 saturated carbocycles. The maximum Gasteiger partial charge on any atom is 0.173 e. The van der Waals surface area contributed by atoms with E-state index < -0.39 is 5.72 Å². The van der Waals surface area contributed by atoms with Crippen LogP contribution in [0.3, 0.4) is 0 Å². The van der Waals surface area contributed by atoms with Crippen LogP contribution in [0.2, 0.25) is 0 Å². The van der Waals surface area contributed by atoms with Crippen molar-refractivity contribution in [2.75, 3.05) is 6.54 Å². The Balaban J connectivity index is 2.03. The van der Waals surface area contributed by atoms with Gasteiger partial charge in [-0.3, -0.25) is 0 Å². The standard InChI is InChI=1S/C12H15FNO/c1-12(8-2-3-9-14-12)15-11-6-4-10(13)5-7-11/h4-7H,2-3,8-9H2,1H3. The molecule has 1 unspecified atom stereocenters. The lowest BCUT2D eigenvalue weighted by atomic mass is 10.0. The van der Waals surface area contributed by atoms with Gasteiger partial charge >= 0.3 is 0 Å². The quantitative estimate of drug-likeness (QED) is 0.733. The molecular formula is C12H15FNO. The van der Waals surface area contributed by atoms with E-state index in [1.165, 1.54) is 12.1 Å². The molecule has 1 atom stereocenters. The minimum Gasteiger partial charge on any atom is -0.472 e. The van der Waals surface area contributed by atoms with Gasteiger partial charge in [0.25, 0.3) is 0 Å². The minimum atomic E-state index is -0.421. The van der Waals surface area contributed by atoms with Crippen molar-refractivity contribution in [3.8, 4) is 5.75 Å². The van der Waals surface area contributed by atoms with Gasteiger partial charge in [-0.2, -0.15) is 5.32 Å². The molecule has 0 spiro atoms. The predicted molar refractivity (Wildman–Crippen MR) is 56.3 cm³/mol. The van der Waals surface area contributed by atoms with E-state index in [2.05, 4.69) is 5.32 Å². The van der Waals surface area contributed by atoms with E-state index >= 15 is 0 Å². The smallest absolute Gasteiger partial charge is 0.173 e. The van der Waals surface area contributed by atoms with Gasteiger partial charge in [0, 0.05) is 13.0 Å². The summed E-state index contributed by atoms with van der Waals surface area (Å²) in [7, 11) is 0. The fourth-order valence-electron chi connectivity index (χ4n) is 1.80. The van der Waals surface area contributed by atoms with Crippen LogP contribution in [0.5, 0.6) is 5.75 Å². The highest BCUT2D eigenvalue weighted by Crippen LogP contribution is 2.25. The van der Waals surface area contributed by atoms with Crippen molar-refractivity contribution < 1.29 is 9.13 Å². The minimum absolute atomic E-state index is 0.243. The Morgan fingerprint density at radius 3 is 2.60 bits per heavy atom. The summed E-state index contributed by atoms with van der Waals surface area (Å²) in [6.07, 6.45) is 3.22. The van der Waals surface area contributed by atoms with Crippen LogP contribution in [0, 0.1) is 5.82 Å². The number of rotatable bonds is 2. The molecule has 0 bridgehead atoms. The summed E-state index contributed by atoms with van der Waals surface area (Å²) >= 11 is 0. The summed E-state index contributed by atoms with van der Waals surface area (Å²) in [5, 5.41) is 4.46. The number of nitrogens with zero attached hydrogens (tertiary/aromatic N) is 1. The van der Waals surface area contributed by atoms with Crippen LogP contribution >= 0.6 is 0 Å². The molecule has 15 heavy (non-hydrogen) atoms. The van der Waals surface area contributed by atoms with Crippen molar-refractivity contribution in [2.24, 2.45) is 0 Å². The lowest BCUT2D eigenvalue weighted by Gasteiger charge is -2.33. The second kappa shape index (κ2) is 4.19. The highest BCUT2D eigenvalue weighted by molar-refractivity contribution is 5.22. The second-order valence-corrected chi connectivity index (χ2v) is 4.07. The monoisotopic (exact) mass is 208 g/mol. The van der Waals surface area contributed by atoms with E-state index in [-0.39, 0.29) is 5.82 Å². The van der Waals surface area contributed by atoms with Crippen molar-refractivity contribution in [1.29, 1.82) is 0 Å². The summed E-state index contributed by atoms with van der Waals surface area (Å²) in [6.45, 7) is 2.84. The first-order chi connectivity index (χ1) is 7.18. The maximum absolute atomic E-state index is 12.7. The van der Waals surface area contributed by atoms with Gasteiger partial charge in [-0.1, -0.05) is 0 Å². The van der Waals surface area contributed by atoms with Crippen LogP contribution in [0.1, 0.15) is 26.2 Å². The molecular weight excluding hydrogens is 193 g/mol. The molecule has 3 heteroatoms. The summed E-state index contributed by atoms with van der Waals surface area (Å²) in [6, 6.07) is 6.10. The number of ether oxygens (including phenoxy) is 1. The van der Waals surface area contributed by atoms with Crippen LogP contribution in [0.25, 0.3) is 0 Å². The van der Waals surface area contributed by atoms with Gasteiger partial charge in [0.05, 0.1) is 0 Å². The fourth-order valence-corrected chi connectivity index (χ4v) is 1.80. The largest absolute Gasteiger partial charge is 0.472 e. The fraction of sp³-hybridized carbons (Fsp3) is 0.500. The summed E-state index contributed by atoms with van der Waals surface area (Å²) < 4.78 is 18.4. The molecule has 1 aliphatic heterocycles. The molecule has 0 aromatic heterocycles. The Bertz CT molecular complexity index is 317. The molecule has 1 fully saturated rings. The molecule has 0 amide bonds. The van der Waals surface area contributed by atoms with Crippen LogP contribution in [-0.4, -0.2) is 12.3 Å². The van der Waals surface area contributed by atoms with E-state index in [1.54, 1.807) is 12.1 Å². The SMILES string of the molecule is CC1(Oc2ccc(F)cc2)CCCC[N]1. The normalized spacial score (nSPS) is 26.3. The maximum atomic E-state index is 12.7. The van der Waals surface area contributed by atoms with Gasteiger partial charge in [0.15, 0.2) is 5.72 Å². The zero-order valence-electron chi connectivity index (χ0n) is 8.87. The Hall–Kier alpha value is -1.09. The first kappa shape index (κ1) is 10.4. The van der Waals surface area contributed by atoms with Crippen LogP contribution in [0.4, 0.5) is 4.39 Å². The Kier molecular flexibility index (Phi) is 2.91. The molecule has 1 saturated heterocycles. The molecule has 81 valence electrons. The van der Waals surface area contributed by atoms with Crippen LogP contribution in [-0.2, 0) is 0 Å². The first-order valence-electron chi connectivity index (χ1n) is 5.31. The third kappa shape index (κ3) is 2.69. The molecule has 0 N–H and O–H groups in total. The van der Waals surface area contributed by atoms with E-state index in [4.69, 9.17) is 4.74 Å². The Morgan fingerprint density at radius 2 is 2.00 bits per heavy atom. The van der Waals surface area contributed by atoms with Gasteiger partial charge in [-0.15, -0.1) is 0 Å². The molecule has 0 aliphatic carbocycles. The molecule has 1 radical (unpaired) electrons. The number of halogens is 1. The van der Waals surface area contributed by atoms with Crippen LogP contribution in [0.15, 0.2) is 24.3 Å². The average Bonchev–Trinajstić information content (AvgIpc) is 2.22. The van der Waals surface area contributed by atoms with Crippen molar-refractivity contribution >= 4 is 0 Å². The molecule has 2 nitrogen and oxygen atoms in total. The average molecular weight is 208 g/mol. The Labute approximate surface area is 89.4 Å². The number of piperidine rings is 1. The lowest BCUT2D eigenvalue weighted by molar-refractivity contribution is 0.0212. The highest BCUT2D eigenvalue weighted by atomic mass is 19.1. The van der Waals surface area contributed by atoms with Crippen molar-refractivity contribution in [1.82, 2.24) is 5.32 Å². The van der Waals surface area contributed by atoms with Crippen molar-refractivity contribution in [3.63, 3.8) is 0 Å². The van der Waals surface area contributed by atoms with E-state index in [9.17, 15) is 4.39 Å². The summed E-state index contributed by atoms with van der Waals surface area (Å²) in [4.78, 5) is 0. The summed E-state index contributed by atoms with van der Waals surface area (Å²) in [5.74, 6) is 0.442. The van der Waals surface area contributed by atoms with Gasteiger partial charge < -0.3 is 4.74 Å². The number of hydrogen-bond donors (Lipinski definition) is 0. The zero-order valence-corrected chi connectivity index (χ0v) is 8.87. The lowest BCUT2D eigenvalue weighted by Crippen LogP contribution is -2.45. The Morgan fingerprint density at radius 1 is 1.27 bits per heavy atom. The second-order valence-electron chi connectivity index (χ2n) is 4.07. The molecule has 1 aromatic rings. The molecule has 1 aliphatic rings. The van der Waals surface area contributed by atoms with Gasteiger partial charge in [0.2, 0.25) is 0 Å². The van der Waals surface area contributed by atoms with Gasteiger partial charge in [-0.25, -0.2) is 4.39 Å². The van der Waals surface area contributed by atoms with Gasteiger partial charge in [-0.05, 0) is 44.0 Å².